The Balaban J connectivity index is 2.05. The Morgan fingerprint density at radius 3 is 1.61 bits per heavy atom. The van der Waals surface area contributed by atoms with Crippen LogP contribution in [-0.2, 0) is 0 Å². The van der Waals surface area contributed by atoms with Gasteiger partial charge >= 0.3 is 0 Å². The van der Waals surface area contributed by atoms with E-state index >= 15 is 0 Å². The molecule has 0 fully saturated rings. The molecule has 1 heterocycles. The van der Waals surface area contributed by atoms with E-state index in [1.807, 2.05) is 0 Å². The average molecular weight is 398 g/mol. The molecule has 0 aliphatic carbocycles. The molecule has 3 aromatic rings. The smallest absolute Gasteiger partial charge is 0.268 e. The Bertz CT molecular complexity index is 1150. The number of hydrogen-bond acceptors (Lipinski definition) is 6. The van der Waals surface area contributed by atoms with Crippen molar-refractivity contribution in [1.82, 2.24) is 0 Å². The van der Waals surface area contributed by atoms with Gasteiger partial charge in [0.25, 0.3) is 23.2 Å². The van der Waals surface area contributed by atoms with E-state index < -0.39 is 33.0 Å². The van der Waals surface area contributed by atoms with Crippen LogP contribution in [0.4, 0.5) is 17.1 Å². The maximum absolute atomic E-state index is 13.0. The SMILES string of the molecule is O=C1c2ccc([N+](=O)[O-])c3c([N+](=O)[O-])ccc(c23)C(=O)N1c1ccc(Cl)cc1. The Hall–Kier alpha value is -3.85. The summed E-state index contributed by atoms with van der Waals surface area (Å²) in [5, 5.41) is 22.8. The summed E-state index contributed by atoms with van der Waals surface area (Å²) >= 11 is 5.85. The molecule has 10 heteroatoms. The highest BCUT2D eigenvalue weighted by molar-refractivity contribution is 6.37. The second-order valence-corrected chi connectivity index (χ2v) is 6.39. The van der Waals surface area contributed by atoms with Crippen LogP contribution in [0.25, 0.3) is 10.8 Å². The van der Waals surface area contributed by atoms with Crippen molar-refractivity contribution in [3.8, 4) is 0 Å². The second kappa shape index (κ2) is 6.10. The molecule has 2 amide bonds. The Morgan fingerprint density at radius 1 is 0.714 bits per heavy atom. The van der Waals surface area contributed by atoms with Crippen LogP contribution < -0.4 is 4.90 Å². The molecule has 4 rings (SSSR count). The maximum Gasteiger partial charge on any atom is 0.284 e. The van der Waals surface area contributed by atoms with Gasteiger partial charge in [0, 0.05) is 33.7 Å². The molecule has 0 saturated heterocycles. The lowest BCUT2D eigenvalue weighted by Gasteiger charge is -2.27. The zero-order valence-electron chi connectivity index (χ0n) is 13.8. The summed E-state index contributed by atoms with van der Waals surface area (Å²) in [4.78, 5) is 48.1. The molecule has 0 unspecified atom stereocenters. The molecule has 0 aromatic heterocycles. The standard InChI is InChI=1S/C18H8ClN3O6/c19-9-1-3-10(4-2-9)20-17(23)11-5-7-13(21(25)26)16-14(22(27)28)8-6-12(15(11)16)18(20)24/h1-8H. The summed E-state index contributed by atoms with van der Waals surface area (Å²) in [6, 6.07) is 10.4. The average Bonchev–Trinajstić information content (AvgIpc) is 2.66. The number of amides is 2. The zero-order valence-corrected chi connectivity index (χ0v) is 14.5. The molecular weight excluding hydrogens is 390 g/mol. The number of nitrogens with zero attached hydrogens (tertiary/aromatic N) is 3. The largest absolute Gasteiger partial charge is 0.284 e. The normalized spacial score (nSPS) is 13.1. The van der Waals surface area contributed by atoms with E-state index in [9.17, 15) is 29.8 Å². The van der Waals surface area contributed by atoms with E-state index in [-0.39, 0.29) is 27.6 Å². The number of hydrogen-bond donors (Lipinski definition) is 0. The predicted octanol–water partition coefficient (Wildman–Crippen LogP) is 4.11. The van der Waals surface area contributed by atoms with Crippen LogP contribution in [0.15, 0.2) is 48.5 Å². The van der Waals surface area contributed by atoms with Crippen molar-refractivity contribution >= 4 is 51.2 Å². The van der Waals surface area contributed by atoms with Crippen molar-refractivity contribution in [2.45, 2.75) is 0 Å². The third kappa shape index (κ3) is 2.41. The topological polar surface area (TPSA) is 124 Å². The number of benzene rings is 3. The number of anilines is 1. The van der Waals surface area contributed by atoms with Gasteiger partial charge in [0.2, 0.25) is 0 Å². The van der Waals surface area contributed by atoms with E-state index in [1.54, 1.807) is 0 Å². The summed E-state index contributed by atoms with van der Waals surface area (Å²) in [5.41, 5.74) is -0.904. The molecule has 1 aliphatic heterocycles. The summed E-state index contributed by atoms with van der Waals surface area (Å²) in [5.74, 6) is -1.47. The first-order valence-corrected chi connectivity index (χ1v) is 8.22. The molecule has 28 heavy (non-hydrogen) atoms. The molecule has 0 atom stereocenters. The zero-order chi connectivity index (χ0) is 20.2. The Kier molecular flexibility index (Phi) is 3.83. The first-order chi connectivity index (χ1) is 13.3. The third-order valence-electron chi connectivity index (χ3n) is 4.46. The fraction of sp³-hybridized carbons (Fsp3) is 0. The number of imide groups is 1. The minimum absolute atomic E-state index is 0.0335. The van der Waals surface area contributed by atoms with E-state index in [4.69, 9.17) is 11.6 Å². The van der Waals surface area contributed by atoms with Crippen LogP contribution >= 0.6 is 11.6 Å². The van der Waals surface area contributed by atoms with Crippen LogP contribution in [0.3, 0.4) is 0 Å². The first kappa shape index (κ1) is 17.6. The summed E-state index contributed by atoms with van der Waals surface area (Å²) in [6.45, 7) is 0. The Labute approximate surface area is 161 Å². The Morgan fingerprint density at radius 2 is 1.18 bits per heavy atom. The monoisotopic (exact) mass is 397 g/mol. The number of halogens is 1. The van der Waals surface area contributed by atoms with Crippen molar-refractivity contribution < 1.29 is 19.4 Å². The van der Waals surface area contributed by atoms with Crippen molar-refractivity contribution in [2.75, 3.05) is 4.90 Å². The van der Waals surface area contributed by atoms with E-state index in [1.165, 1.54) is 36.4 Å². The van der Waals surface area contributed by atoms with Gasteiger partial charge in [-0.15, -0.1) is 0 Å². The van der Waals surface area contributed by atoms with Gasteiger partial charge in [-0.1, -0.05) is 11.6 Å². The van der Waals surface area contributed by atoms with Crippen LogP contribution in [0.2, 0.25) is 5.02 Å². The number of nitro groups is 2. The van der Waals surface area contributed by atoms with Crippen LogP contribution in [-0.4, -0.2) is 21.7 Å². The summed E-state index contributed by atoms with van der Waals surface area (Å²) < 4.78 is 0. The predicted molar refractivity (Wildman–Crippen MR) is 99.8 cm³/mol. The van der Waals surface area contributed by atoms with Gasteiger partial charge in [-0.3, -0.25) is 29.8 Å². The van der Waals surface area contributed by atoms with E-state index in [0.29, 0.717) is 5.02 Å². The molecule has 1 aliphatic rings. The lowest BCUT2D eigenvalue weighted by Crippen LogP contribution is -2.40. The third-order valence-corrected chi connectivity index (χ3v) is 4.71. The van der Waals surface area contributed by atoms with E-state index in [0.717, 1.165) is 17.0 Å². The highest BCUT2D eigenvalue weighted by atomic mass is 35.5. The number of carbonyl (C=O) groups is 2. The van der Waals surface area contributed by atoms with Crippen LogP contribution in [0.1, 0.15) is 20.7 Å². The molecule has 0 N–H and O–H groups in total. The van der Waals surface area contributed by atoms with Crippen LogP contribution in [0, 0.1) is 20.2 Å². The molecule has 3 aromatic carbocycles. The minimum Gasteiger partial charge on any atom is -0.268 e. The lowest BCUT2D eigenvalue weighted by molar-refractivity contribution is -0.390. The van der Waals surface area contributed by atoms with Crippen LogP contribution in [0.5, 0.6) is 0 Å². The van der Waals surface area contributed by atoms with Gasteiger partial charge in [0.05, 0.1) is 15.5 Å². The maximum atomic E-state index is 13.0. The number of carbonyl (C=O) groups excluding carboxylic acids is 2. The highest BCUT2D eigenvalue weighted by Gasteiger charge is 2.38. The van der Waals surface area contributed by atoms with Gasteiger partial charge in [-0.25, -0.2) is 4.90 Å². The van der Waals surface area contributed by atoms with Gasteiger partial charge in [0.15, 0.2) is 0 Å². The van der Waals surface area contributed by atoms with Gasteiger partial charge in [0.1, 0.15) is 5.39 Å². The summed E-state index contributed by atoms with van der Waals surface area (Å²) in [7, 11) is 0. The van der Waals surface area contributed by atoms with Crippen molar-refractivity contribution in [1.29, 1.82) is 0 Å². The van der Waals surface area contributed by atoms with E-state index in [2.05, 4.69) is 0 Å². The minimum atomic E-state index is -0.781. The van der Waals surface area contributed by atoms with Crippen molar-refractivity contribution in [3.05, 3.63) is 84.9 Å². The second-order valence-electron chi connectivity index (χ2n) is 5.95. The van der Waals surface area contributed by atoms with Gasteiger partial charge in [-0.05, 0) is 36.4 Å². The molecule has 9 nitrogen and oxygen atoms in total. The number of non-ortho nitro benzene ring substituents is 2. The van der Waals surface area contributed by atoms with Gasteiger partial charge < -0.3 is 0 Å². The quantitative estimate of drug-likeness (QED) is 0.372. The molecular formula is C18H8ClN3O6. The first-order valence-electron chi connectivity index (χ1n) is 7.84. The molecule has 0 bridgehead atoms. The summed E-state index contributed by atoms with van der Waals surface area (Å²) in [6.07, 6.45) is 0. The van der Waals surface area contributed by atoms with Crippen molar-refractivity contribution in [3.63, 3.8) is 0 Å². The lowest BCUT2D eigenvalue weighted by atomic mass is 9.91. The number of rotatable bonds is 3. The molecule has 0 spiro atoms. The highest BCUT2D eigenvalue weighted by Crippen LogP contribution is 2.41. The molecule has 0 radical (unpaired) electrons. The van der Waals surface area contributed by atoms with Crippen molar-refractivity contribution in [2.24, 2.45) is 0 Å². The fourth-order valence-electron chi connectivity index (χ4n) is 3.28. The number of nitro benzene ring substituents is 2. The molecule has 138 valence electrons. The van der Waals surface area contributed by atoms with Gasteiger partial charge in [-0.2, -0.15) is 0 Å². The fourth-order valence-corrected chi connectivity index (χ4v) is 3.40. The molecule has 0 saturated carbocycles.